The van der Waals surface area contributed by atoms with Gasteiger partial charge < -0.3 is 0 Å². The third-order valence-electron chi connectivity index (χ3n) is 3.60. The minimum atomic E-state index is 1.12. The predicted molar refractivity (Wildman–Crippen MR) is 80.3 cm³/mol. The zero-order valence-electron chi connectivity index (χ0n) is 12.3. The summed E-state index contributed by atoms with van der Waals surface area (Å²) < 4.78 is 0. The zero-order chi connectivity index (χ0) is 12.6. The Hall–Kier alpha value is 0. The summed E-state index contributed by atoms with van der Waals surface area (Å²) in [7, 11) is 0. The molecule has 0 aromatic rings. The maximum atomic E-state index is 3.84. The van der Waals surface area contributed by atoms with Crippen LogP contribution in [0.1, 0.15) is 103 Å². The highest BCUT2D eigenvalue weighted by Gasteiger charge is 1.95. The van der Waals surface area contributed by atoms with Gasteiger partial charge in [-0.05, 0) is 0 Å². The molecule has 0 aromatic heterocycles. The van der Waals surface area contributed by atoms with Gasteiger partial charge in [0.2, 0.25) is 0 Å². The van der Waals surface area contributed by atoms with Crippen LogP contribution in [0.25, 0.3) is 0 Å². The fourth-order valence-corrected chi connectivity index (χ4v) is 2.37. The molecule has 0 aromatic carbocycles. The second-order valence-corrected chi connectivity index (χ2v) is 5.45. The van der Waals surface area contributed by atoms with Crippen LogP contribution in [-0.2, 0) is 0 Å². The lowest BCUT2D eigenvalue weighted by molar-refractivity contribution is 0.566. The van der Waals surface area contributed by atoms with Gasteiger partial charge in [-0.2, -0.15) is 0 Å². The summed E-state index contributed by atoms with van der Waals surface area (Å²) in [4.78, 5) is 0. The maximum Gasteiger partial charge on any atom is -0.0533 e. The largest absolute Gasteiger partial charge is 0.0654 e. The molecule has 0 saturated heterocycles. The quantitative estimate of drug-likeness (QED) is 0.393. The van der Waals surface area contributed by atoms with Crippen molar-refractivity contribution in [2.24, 2.45) is 0 Å². The van der Waals surface area contributed by atoms with Gasteiger partial charge in [-0.3, -0.25) is 0 Å². The second-order valence-electron chi connectivity index (χ2n) is 5.45. The first-order valence-corrected chi connectivity index (χ1v) is 8.21. The van der Waals surface area contributed by atoms with E-state index in [0.29, 0.717) is 0 Å². The van der Waals surface area contributed by atoms with Gasteiger partial charge in [0.15, 0.2) is 0 Å². The summed E-state index contributed by atoms with van der Waals surface area (Å²) >= 11 is 0. The molecular weight excluding hydrogens is 204 g/mol. The molecule has 0 spiro atoms. The van der Waals surface area contributed by atoms with Gasteiger partial charge in [-0.15, -0.1) is 0 Å². The van der Waals surface area contributed by atoms with Crippen LogP contribution in [0.2, 0.25) is 0 Å². The molecule has 0 heteroatoms. The SMILES string of the molecule is C1CCCC1.[CH2]CCCCCCCCCCC. The number of rotatable bonds is 9. The van der Waals surface area contributed by atoms with Crippen molar-refractivity contribution in [3.8, 4) is 0 Å². The minimum Gasteiger partial charge on any atom is -0.0654 e. The van der Waals surface area contributed by atoms with Gasteiger partial charge >= 0.3 is 0 Å². The van der Waals surface area contributed by atoms with E-state index in [-0.39, 0.29) is 0 Å². The molecule has 0 aliphatic heterocycles. The Labute approximate surface area is 111 Å². The average Bonchev–Trinajstić information content (AvgIpc) is 2.92. The van der Waals surface area contributed by atoms with Gasteiger partial charge in [0.05, 0.1) is 0 Å². The predicted octanol–water partition coefficient (Wildman–Crippen LogP) is 6.69. The van der Waals surface area contributed by atoms with Crippen LogP contribution in [0.5, 0.6) is 0 Å². The van der Waals surface area contributed by atoms with E-state index >= 15 is 0 Å². The Morgan fingerprint density at radius 1 is 0.588 bits per heavy atom. The van der Waals surface area contributed by atoms with Crippen molar-refractivity contribution in [3.63, 3.8) is 0 Å². The summed E-state index contributed by atoms with van der Waals surface area (Å²) in [6, 6.07) is 0. The first-order chi connectivity index (χ1) is 8.41. The third-order valence-corrected chi connectivity index (χ3v) is 3.60. The summed E-state index contributed by atoms with van der Waals surface area (Å²) in [5.41, 5.74) is 0. The van der Waals surface area contributed by atoms with Gasteiger partial charge in [-0.25, -0.2) is 0 Å². The van der Waals surface area contributed by atoms with Gasteiger partial charge in [0, 0.05) is 0 Å². The molecule has 1 aliphatic rings. The van der Waals surface area contributed by atoms with E-state index in [9.17, 15) is 0 Å². The van der Waals surface area contributed by atoms with E-state index < -0.39 is 0 Å². The molecule has 1 aliphatic carbocycles. The summed E-state index contributed by atoms with van der Waals surface area (Å²) in [5.74, 6) is 0. The van der Waals surface area contributed by atoms with Crippen molar-refractivity contribution in [1.29, 1.82) is 0 Å². The van der Waals surface area contributed by atoms with Crippen LogP contribution >= 0.6 is 0 Å². The smallest absolute Gasteiger partial charge is 0.0533 e. The second kappa shape index (κ2) is 16.0. The van der Waals surface area contributed by atoms with E-state index in [4.69, 9.17) is 0 Å². The maximum absolute atomic E-state index is 3.84. The topological polar surface area (TPSA) is 0 Å². The molecule has 0 heterocycles. The van der Waals surface area contributed by atoms with Gasteiger partial charge in [-0.1, -0.05) is 110 Å². The van der Waals surface area contributed by atoms with Crippen LogP contribution in [0, 0.1) is 6.92 Å². The number of unbranched alkanes of at least 4 members (excludes halogenated alkanes) is 9. The van der Waals surface area contributed by atoms with Crippen molar-refractivity contribution >= 4 is 0 Å². The fourth-order valence-electron chi connectivity index (χ4n) is 2.37. The molecule has 0 bridgehead atoms. The third kappa shape index (κ3) is 16.0. The van der Waals surface area contributed by atoms with Crippen molar-refractivity contribution in [2.75, 3.05) is 0 Å². The molecule has 0 amide bonds. The van der Waals surface area contributed by atoms with Crippen molar-refractivity contribution in [1.82, 2.24) is 0 Å². The first-order valence-electron chi connectivity index (χ1n) is 8.21. The number of hydrogen-bond donors (Lipinski definition) is 0. The molecule has 0 N–H and O–H groups in total. The van der Waals surface area contributed by atoms with Crippen molar-refractivity contribution in [2.45, 2.75) is 103 Å². The van der Waals surface area contributed by atoms with E-state index in [2.05, 4.69) is 13.8 Å². The molecule has 0 unspecified atom stereocenters. The van der Waals surface area contributed by atoms with Crippen LogP contribution < -0.4 is 0 Å². The van der Waals surface area contributed by atoms with Crippen LogP contribution in [0.15, 0.2) is 0 Å². The highest BCUT2D eigenvalue weighted by Crippen LogP contribution is 2.15. The standard InChI is InChI=1S/C12H25.C5H10/c1-3-5-7-9-11-12-10-8-6-4-2;1-2-4-5-3-1/h1,3-12H2,2H3;1-5H2. The van der Waals surface area contributed by atoms with Crippen molar-refractivity contribution in [3.05, 3.63) is 6.92 Å². The first kappa shape index (κ1) is 17.0. The molecule has 1 fully saturated rings. The molecule has 0 nitrogen and oxygen atoms in total. The summed E-state index contributed by atoms with van der Waals surface area (Å²) in [6.45, 7) is 6.12. The molecular formula is C17H35. The average molecular weight is 239 g/mol. The molecule has 1 rings (SSSR count). The normalized spacial score (nSPS) is 14.5. The van der Waals surface area contributed by atoms with Crippen LogP contribution in [0.3, 0.4) is 0 Å². The zero-order valence-corrected chi connectivity index (χ0v) is 12.3. The van der Waals surface area contributed by atoms with E-state index in [1.807, 2.05) is 0 Å². The lowest BCUT2D eigenvalue weighted by Crippen LogP contribution is -1.80. The number of hydrogen-bond acceptors (Lipinski definition) is 0. The molecule has 17 heavy (non-hydrogen) atoms. The Bertz CT molecular complexity index is 95.6. The van der Waals surface area contributed by atoms with Crippen LogP contribution in [-0.4, -0.2) is 0 Å². The van der Waals surface area contributed by atoms with E-state index in [1.54, 1.807) is 0 Å². The molecule has 103 valence electrons. The Morgan fingerprint density at radius 3 is 1.29 bits per heavy atom. The monoisotopic (exact) mass is 239 g/mol. The van der Waals surface area contributed by atoms with E-state index in [0.717, 1.165) is 6.42 Å². The van der Waals surface area contributed by atoms with Crippen LogP contribution in [0.4, 0.5) is 0 Å². The molecule has 0 atom stereocenters. The van der Waals surface area contributed by atoms with Gasteiger partial charge in [0.1, 0.15) is 0 Å². The molecule has 1 saturated carbocycles. The lowest BCUT2D eigenvalue weighted by Gasteiger charge is -1.99. The molecule has 1 radical (unpaired) electrons. The Morgan fingerprint density at radius 2 is 0.941 bits per heavy atom. The lowest BCUT2D eigenvalue weighted by atomic mass is 10.1. The minimum absolute atomic E-state index is 1.12. The van der Waals surface area contributed by atoms with E-state index in [1.165, 1.54) is 89.9 Å². The summed E-state index contributed by atoms with van der Waals surface area (Å²) in [5, 5.41) is 0. The summed E-state index contributed by atoms with van der Waals surface area (Å²) in [6.07, 6.45) is 21.4. The van der Waals surface area contributed by atoms with Crippen molar-refractivity contribution < 1.29 is 0 Å². The highest BCUT2D eigenvalue weighted by atomic mass is 14.0. The fraction of sp³-hybridized carbons (Fsp3) is 0.941. The highest BCUT2D eigenvalue weighted by molar-refractivity contribution is 4.51. The Kier molecular flexibility index (Phi) is 16.0. The van der Waals surface area contributed by atoms with Gasteiger partial charge in [0.25, 0.3) is 0 Å². The Balaban J connectivity index is 0.000000419.